The fraction of sp³-hybridized carbons (Fsp3) is 0.286. The molecule has 0 atom stereocenters. The highest BCUT2D eigenvalue weighted by molar-refractivity contribution is 5.58. The van der Waals surface area contributed by atoms with Crippen molar-refractivity contribution in [3.05, 3.63) is 82.9 Å². The fourth-order valence-electron chi connectivity index (χ4n) is 3.62. The lowest BCUT2D eigenvalue weighted by atomic mass is 10.1. The van der Waals surface area contributed by atoms with Crippen LogP contribution in [-0.2, 0) is 25.9 Å². The molecule has 0 amide bonds. The van der Waals surface area contributed by atoms with Crippen LogP contribution in [0.5, 0.6) is 0 Å². The van der Waals surface area contributed by atoms with Gasteiger partial charge in [0, 0.05) is 51.2 Å². The van der Waals surface area contributed by atoms with Gasteiger partial charge in [-0.25, -0.2) is 4.98 Å². The minimum absolute atomic E-state index is 0.578. The standard InChI is InChI=1S/C21H24N4/c1-24-9-7-19-12-16(5-6-20(19)24)13-21-23-8-10-25(21)15-18-4-2-3-17(11-18)14-22/h2-6,8,10-12H,7,9,13-15,22H2,1H3. The van der Waals surface area contributed by atoms with E-state index in [1.807, 2.05) is 6.20 Å². The average molecular weight is 332 g/mol. The van der Waals surface area contributed by atoms with Crippen LogP contribution >= 0.6 is 0 Å². The average Bonchev–Trinajstić information content (AvgIpc) is 3.22. The van der Waals surface area contributed by atoms with E-state index in [1.54, 1.807) is 0 Å². The van der Waals surface area contributed by atoms with Crippen LogP contribution < -0.4 is 10.6 Å². The SMILES string of the molecule is CN1CCc2cc(Cc3nccn3Cc3cccc(CN)c3)ccc21. The number of nitrogens with two attached hydrogens (primary N) is 1. The second-order valence-corrected chi connectivity index (χ2v) is 6.81. The zero-order valence-corrected chi connectivity index (χ0v) is 14.7. The van der Waals surface area contributed by atoms with E-state index >= 15 is 0 Å². The first kappa shape index (κ1) is 15.9. The number of anilines is 1. The monoisotopic (exact) mass is 332 g/mol. The van der Waals surface area contributed by atoms with E-state index < -0.39 is 0 Å². The van der Waals surface area contributed by atoms with Gasteiger partial charge in [-0.2, -0.15) is 0 Å². The number of fused-ring (bicyclic) bond motifs is 1. The highest BCUT2D eigenvalue weighted by atomic mass is 15.1. The van der Waals surface area contributed by atoms with Gasteiger partial charge in [-0.3, -0.25) is 0 Å². The molecular formula is C21H24N4. The Hall–Kier alpha value is -2.59. The molecule has 1 aromatic heterocycles. The van der Waals surface area contributed by atoms with Crippen molar-refractivity contribution in [3.63, 3.8) is 0 Å². The molecule has 0 unspecified atom stereocenters. The molecule has 2 heterocycles. The van der Waals surface area contributed by atoms with Gasteiger partial charge >= 0.3 is 0 Å². The number of nitrogens with zero attached hydrogens (tertiary/aromatic N) is 3. The summed E-state index contributed by atoms with van der Waals surface area (Å²) in [6.07, 6.45) is 5.95. The number of rotatable bonds is 5. The molecule has 0 aliphatic carbocycles. The van der Waals surface area contributed by atoms with Gasteiger partial charge in [-0.05, 0) is 34.7 Å². The third-order valence-electron chi connectivity index (χ3n) is 5.02. The van der Waals surface area contributed by atoms with Crippen LogP contribution in [0.15, 0.2) is 54.9 Å². The maximum absolute atomic E-state index is 5.76. The molecule has 3 aromatic rings. The Kier molecular flexibility index (Phi) is 4.28. The Labute approximate surface area is 148 Å². The minimum Gasteiger partial charge on any atom is -0.374 e. The van der Waals surface area contributed by atoms with Crippen LogP contribution in [0.1, 0.15) is 28.1 Å². The molecule has 0 fully saturated rings. The summed E-state index contributed by atoms with van der Waals surface area (Å²) in [6, 6.07) is 15.3. The number of imidazole rings is 1. The Balaban J connectivity index is 1.54. The molecule has 0 radical (unpaired) electrons. The summed E-state index contributed by atoms with van der Waals surface area (Å²) in [6.45, 7) is 2.52. The van der Waals surface area contributed by atoms with E-state index in [-0.39, 0.29) is 0 Å². The lowest BCUT2D eigenvalue weighted by Crippen LogP contribution is -2.12. The number of hydrogen-bond acceptors (Lipinski definition) is 3. The molecule has 25 heavy (non-hydrogen) atoms. The molecule has 128 valence electrons. The zero-order chi connectivity index (χ0) is 17.2. The molecule has 0 saturated carbocycles. The Bertz CT molecular complexity index is 881. The van der Waals surface area contributed by atoms with Gasteiger partial charge in [0.15, 0.2) is 0 Å². The van der Waals surface area contributed by atoms with Crippen LogP contribution in [0.3, 0.4) is 0 Å². The number of likely N-dealkylation sites (N-methyl/N-ethyl adjacent to an activating group) is 1. The lowest BCUT2D eigenvalue weighted by Gasteiger charge is -2.13. The maximum Gasteiger partial charge on any atom is 0.113 e. The van der Waals surface area contributed by atoms with Gasteiger partial charge in [0.25, 0.3) is 0 Å². The van der Waals surface area contributed by atoms with Crippen molar-refractivity contribution in [1.29, 1.82) is 0 Å². The predicted molar refractivity (Wildman–Crippen MR) is 102 cm³/mol. The summed E-state index contributed by atoms with van der Waals surface area (Å²) in [5.74, 6) is 1.10. The molecule has 4 heteroatoms. The topological polar surface area (TPSA) is 47.1 Å². The normalized spacial score (nSPS) is 13.3. The van der Waals surface area contributed by atoms with Crippen LogP contribution in [0, 0.1) is 0 Å². The van der Waals surface area contributed by atoms with Crippen molar-refractivity contribution in [2.45, 2.75) is 25.9 Å². The molecule has 0 bridgehead atoms. The Morgan fingerprint density at radius 1 is 1.08 bits per heavy atom. The van der Waals surface area contributed by atoms with Gasteiger partial charge in [0.2, 0.25) is 0 Å². The number of hydrogen-bond donors (Lipinski definition) is 1. The molecule has 0 saturated heterocycles. The molecule has 4 nitrogen and oxygen atoms in total. The quantitative estimate of drug-likeness (QED) is 0.781. The van der Waals surface area contributed by atoms with Crippen molar-refractivity contribution < 1.29 is 0 Å². The highest BCUT2D eigenvalue weighted by Crippen LogP contribution is 2.28. The van der Waals surface area contributed by atoms with Crippen molar-refractivity contribution in [2.24, 2.45) is 5.73 Å². The van der Waals surface area contributed by atoms with Gasteiger partial charge in [-0.15, -0.1) is 0 Å². The van der Waals surface area contributed by atoms with Crippen molar-refractivity contribution in [2.75, 3.05) is 18.5 Å². The summed E-state index contributed by atoms with van der Waals surface area (Å²) < 4.78 is 2.23. The third kappa shape index (κ3) is 3.30. The predicted octanol–water partition coefficient (Wildman–Crippen LogP) is 2.97. The van der Waals surface area contributed by atoms with Crippen molar-refractivity contribution in [1.82, 2.24) is 9.55 Å². The molecule has 2 aromatic carbocycles. The van der Waals surface area contributed by atoms with Crippen molar-refractivity contribution >= 4 is 5.69 Å². The van der Waals surface area contributed by atoms with E-state index in [0.717, 1.165) is 31.8 Å². The zero-order valence-electron chi connectivity index (χ0n) is 14.7. The number of benzene rings is 2. The summed E-state index contributed by atoms with van der Waals surface area (Å²) in [5.41, 5.74) is 12.3. The Morgan fingerprint density at radius 3 is 2.84 bits per heavy atom. The molecule has 4 rings (SSSR count). The van der Waals surface area contributed by atoms with Crippen LogP contribution in [0.25, 0.3) is 0 Å². The molecule has 1 aliphatic heterocycles. The van der Waals surface area contributed by atoms with E-state index in [9.17, 15) is 0 Å². The van der Waals surface area contributed by atoms with Crippen LogP contribution in [0.4, 0.5) is 5.69 Å². The third-order valence-corrected chi connectivity index (χ3v) is 5.02. The van der Waals surface area contributed by atoms with Crippen molar-refractivity contribution in [3.8, 4) is 0 Å². The first-order chi connectivity index (χ1) is 12.2. The van der Waals surface area contributed by atoms with E-state index in [0.29, 0.717) is 6.54 Å². The van der Waals surface area contributed by atoms with Crippen LogP contribution in [-0.4, -0.2) is 23.1 Å². The first-order valence-electron chi connectivity index (χ1n) is 8.84. The number of aromatic nitrogens is 2. The largest absolute Gasteiger partial charge is 0.374 e. The minimum atomic E-state index is 0.578. The lowest BCUT2D eigenvalue weighted by molar-refractivity contribution is 0.739. The summed E-state index contributed by atoms with van der Waals surface area (Å²) in [4.78, 5) is 6.91. The van der Waals surface area contributed by atoms with Crippen LogP contribution in [0.2, 0.25) is 0 Å². The highest BCUT2D eigenvalue weighted by Gasteiger charge is 2.16. The van der Waals surface area contributed by atoms with E-state index in [4.69, 9.17) is 5.73 Å². The Morgan fingerprint density at radius 2 is 1.96 bits per heavy atom. The fourth-order valence-corrected chi connectivity index (χ4v) is 3.62. The summed E-state index contributed by atoms with van der Waals surface area (Å²) >= 11 is 0. The van der Waals surface area contributed by atoms with Gasteiger partial charge in [0.05, 0.1) is 0 Å². The second kappa shape index (κ2) is 6.73. The summed E-state index contributed by atoms with van der Waals surface area (Å²) in [7, 11) is 2.16. The maximum atomic E-state index is 5.76. The smallest absolute Gasteiger partial charge is 0.113 e. The first-order valence-corrected chi connectivity index (χ1v) is 8.84. The molecule has 1 aliphatic rings. The molecule has 2 N–H and O–H groups in total. The van der Waals surface area contributed by atoms with Gasteiger partial charge in [-0.1, -0.05) is 36.4 Å². The summed E-state index contributed by atoms with van der Waals surface area (Å²) in [5, 5.41) is 0. The van der Waals surface area contributed by atoms with Gasteiger partial charge in [0.1, 0.15) is 5.82 Å². The van der Waals surface area contributed by atoms with E-state index in [1.165, 1.54) is 27.9 Å². The molecule has 0 spiro atoms. The van der Waals surface area contributed by atoms with E-state index in [2.05, 4.69) is 70.2 Å². The second-order valence-electron chi connectivity index (χ2n) is 6.81. The molecular weight excluding hydrogens is 308 g/mol. The van der Waals surface area contributed by atoms with Gasteiger partial charge < -0.3 is 15.2 Å².